The molecular weight excluding hydrogens is 246 g/mol. The average Bonchev–Trinajstić information content (AvgIpc) is 2.36. The van der Waals surface area contributed by atoms with Crippen LogP contribution >= 0.6 is 0 Å². The van der Waals surface area contributed by atoms with Crippen LogP contribution in [-0.2, 0) is 16.1 Å². The lowest BCUT2D eigenvalue weighted by molar-refractivity contribution is -0.149. The molecule has 0 aromatic heterocycles. The van der Waals surface area contributed by atoms with Crippen LogP contribution in [0.2, 0.25) is 0 Å². The summed E-state index contributed by atoms with van der Waals surface area (Å²) in [6.45, 7) is 0.623. The Balaban J connectivity index is 2.10. The molecule has 1 saturated heterocycles. The minimum absolute atomic E-state index is 0.0546. The van der Waals surface area contributed by atoms with Crippen LogP contribution in [0, 0.1) is 0 Å². The third-order valence-electron chi connectivity index (χ3n) is 3.14. The molecule has 1 heterocycles. The van der Waals surface area contributed by atoms with E-state index >= 15 is 0 Å². The molecule has 0 spiro atoms. The molecule has 19 heavy (non-hydrogen) atoms. The molecule has 2 rings (SSSR count). The molecule has 0 radical (unpaired) electrons. The first-order valence-corrected chi connectivity index (χ1v) is 5.95. The van der Waals surface area contributed by atoms with Gasteiger partial charge in [0.1, 0.15) is 12.3 Å². The van der Waals surface area contributed by atoms with Gasteiger partial charge in [-0.25, -0.2) is 0 Å². The maximum absolute atomic E-state index is 11.8. The van der Waals surface area contributed by atoms with E-state index in [1.54, 1.807) is 26.3 Å². The summed E-state index contributed by atoms with van der Waals surface area (Å²) in [4.78, 5) is 26.4. The predicted octanol–water partition coefficient (Wildman–Crippen LogP) is 0.0780. The number of carbonyl (C=O) groups is 2. The Hall–Kier alpha value is -2.24. The van der Waals surface area contributed by atoms with E-state index in [2.05, 4.69) is 0 Å². The fourth-order valence-corrected chi connectivity index (χ4v) is 2.01. The topological polar surface area (TPSA) is 75.9 Å². The molecule has 102 valence electrons. The number of nitrogen functional groups attached to an aromatic ring is 1. The van der Waals surface area contributed by atoms with Gasteiger partial charge in [0, 0.05) is 13.6 Å². The largest absolute Gasteiger partial charge is 0.495 e. The van der Waals surface area contributed by atoms with Crippen LogP contribution in [0.5, 0.6) is 5.75 Å². The third kappa shape index (κ3) is 2.78. The minimum atomic E-state index is -0.0588. The van der Waals surface area contributed by atoms with E-state index in [0.29, 0.717) is 18.0 Å². The van der Waals surface area contributed by atoms with Gasteiger partial charge in [-0.2, -0.15) is 0 Å². The smallest absolute Gasteiger partial charge is 0.242 e. The lowest BCUT2D eigenvalue weighted by Gasteiger charge is -2.31. The second-order valence-corrected chi connectivity index (χ2v) is 4.58. The van der Waals surface area contributed by atoms with Crippen molar-refractivity contribution in [3.05, 3.63) is 23.8 Å². The van der Waals surface area contributed by atoms with Gasteiger partial charge in [-0.05, 0) is 17.7 Å². The van der Waals surface area contributed by atoms with Gasteiger partial charge in [-0.1, -0.05) is 6.07 Å². The summed E-state index contributed by atoms with van der Waals surface area (Å²) in [5.74, 6) is 0.488. The van der Waals surface area contributed by atoms with Gasteiger partial charge in [0.25, 0.3) is 0 Å². The first-order chi connectivity index (χ1) is 9.01. The molecule has 1 aromatic carbocycles. The number of ether oxygens (including phenoxy) is 1. The molecule has 6 nitrogen and oxygen atoms in total. The van der Waals surface area contributed by atoms with Crippen LogP contribution in [0.4, 0.5) is 5.69 Å². The van der Waals surface area contributed by atoms with Crippen molar-refractivity contribution in [2.45, 2.75) is 6.54 Å². The van der Waals surface area contributed by atoms with Crippen molar-refractivity contribution in [1.82, 2.24) is 9.80 Å². The molecule has 2 N–H and O–H groups in total. The number of rotatable bonds is 3. The molecular formula is C13H17N3O3. The minimum Gasteiger partial charge on any atom is -0.495 e. The van der Waals surface area contributed by atoms with E-state index in [4.69, 9.17) is 10.5 Å². The molecule has 0 aliphatic carbocycles. The van der Waals surface area contributed by atoms with Crippen molar-refractivity contribution in [2.24, 2.45) is 0 Å². The molecule has 1 aliphatic rings. The highest BCUT2D eigenvalue weighted by molar-refractivity contribution is 5.92. The Morgan fingerprint density at radius 3 is 2.63 bits per heavy atom. The summed E-state index contributed by atoms with van der Waals surface area (Å²) in [5, 5.41) is 0. The van der Waals surface area contributed by atoms with Gasteiger partial charge in [-0.15, -0.1) is 0 Å². The van der Waals surface area contributed by atoms with E-state index in [9.17, 15) is 9.59 Å². The van der Waals surface area contributed by atoms with Crippen molar-refractivity contribution in [2.75, 3.05) is 33.0 Å². The van der Waals surface area contributed by atoms with E-state index in [1.807, 2.05) is 6.07 Å². The highest BCUT2D eigenvalue weighted by atomic mass is 16.5. The van der Waals surface area contributed by atoms with Crippen molar-refractivity contribution in [1.29, 1.82) is 0 Å². The summed E-state index contributed by atoms with van der Waals surface area (Å²) in [6, 6.07) is 5.35. The second kappa shape index (κ2) is 5.17. The molecule has 1 aromatic rings. The zero-order valence-electron chi connectivity index (χ0n) is 11.0. The number of hydrogen-bond donors (Lipinski definition) is 1. The maximum Gasteiger partial charge on any atom is 0.242 e. The molecule has 0 atom stereocenters. The lowest BCUT2D eigenvalue weighted by Crippen LogP contribution is -2.51. The molecule has 1 fully saturated rings. The number of likely N-dealkylation sites (N-methyl/N-ethyl adjacent to an activating group) is 1. The summed E-state index contributed by atoms with van der Waals surface area (Å²) < 4.78 is 5.08. The SMILES string of the molecule is COc1ccc(CN2CC(=O)N(C)CC2=O)cc1N. The van der Waals surface area contributed by atoms with E-state index in [0.717, 1.165) is 5.56 Å². The van der Waals surface area contributed by atoms with E-state index in [1.165, 1.54) is 9.80 Å². The number of nitrogens with zero attached hydrogens (tertiary/aromatic N) is 2. The number of benzene rings is 1. The van der Waals surface area contributed by atoms with Gasteiger partial charge in [0.2, 0.25) is 11.8 Å². The predicted molar refractivity (Wildman–Crippen MR) is 70.5 cm³/mol. The van der Waals surface area contributed by atoms with Crippen molar-refractivity contribution >= 4 is 17.5 Å². The zero-order valence-corrected chi connectivity index (χ0v) is 11.0. The van der Waals surface area contributed by atoms with Crippen LogP contribution < -0.4 is 10.5 Å². The Labute approximate surface area is 111 Å². The van der Waals surface area contributed by atoms with Crippen LogP contribution in [-0.4, -0.2) is 48.9 Å². The van der Waals surface area contributed by atoms with Crippen LogP contribution in [0.1, 0.15) is 5.56 Å². The number of piperazine rings is 1. The van der Waals surface area contributed by atoms with Gasteiger partial charge in [-0.3, -0.25) is 9.59 Å². The number of carbonyl (C=O) groups excluding carboxylic acids is 2. The molecule has 1 aliphatic heterocycles. The normalized spacial score (nSPS) is 15.9. The fraction of sp³-hybridized carbons (Fsp3) is 0.385. The summed E-state index contributed by atoms with van der Waals surface area (Å²) in [6.07, 6.45) is 0. The first kappa shape index (κ1) is 13.2. The van der Waals surface area contributed by atoms with Crippen molar-refractivity contribution < 1.29 is 14.3 Å². The number of nitrogens with two attached hydrogens (primary N) is 1. The molecule has 6 heteroatoms. The lowest BCUT2D eigenvalue weighted by atomic mass is 10.1. The average molecular weight is 263 g/mol. The number of hydrogen-bond acceptors (Lipinski definition) is 4. The molecule has 2 amide bonds. The second-order valence-electron chi connectivity index (χ2n) is 4.58. The summed E-state index contributed by atoms with van der Waals surface area (Å²) >= 11 is 0. The molecule has 0 saturated carbocycles. The highest BCUT2D eigenvalue weighted by Gasteiger charge is 2.27. The molecule has 0 bridgehead atoms. The summed E-state index contributed by atoms with van der Waals surface area (Å²) in [5.41, 5.74) is 7.22. The fourth-order valence-electron chi connectivity index (χ4n) is 2.01. The Bertz CT molecular complexity index is 516. The number of anilines is 1. The molecule has 0 unspecified atom stereocenters. The number of methoxy groups -OCH3 is 1. The standard InChI is InChI=1S/C13H17N3O3/c1-15-7-13(18)16(8-12(15)17)6-9-3-4-11(19-2)10(14)5-9/h3-5H,6-8,14H2,1-2H3. The maximum atomic E-state index is 11.8. The quantitative estimate of drug-likeness (QED) is 0.783. The monoisotopic (exact) mass is 263 g/mol. The summed E-state index contributed by atoms with van der Waals surface area (Å²) in [7, 11) is 3.18. The van der Waals surface area contributed by atoms with Gasteiger partial charge >= 0.3 is 0 Å². The third-order valence-corrected chi connectivity index (χ3v) is 3.14. The Morgan fingerprint density at radius 2 is 2.00 bits per heavy atom. The number of amides is 2. The zero-order chi connectivity index (χ0) is 14.0. The van der Waals surface area contributed by atoms with E-state index < -0.39 is 0 Å². The first-order valence-electron chi connectivity index (χ1n) is 5.95. The van der Waals surface area contributed by atoms with Crippen molar-refractivity contribution in [3.63, 3.8) is 0 Å². The van der Waals surface area contributed by atoms with Crippen molar-refractivity contribution in [3.8, 4) is 5.75 Å². The van der Waals surface area contributed by atoms with Gasteiger partial charge in [0.05, 0.1) is 19.3 Å². The van der Waals surface area contributed by atoms with E-state index in [-0.39, 0.29) is 24.9 Å². The van der Waals surface area contributed by atoms with Crippen LogP contribution in [0.15, 0.2) is 18.2 Å². The van der Waals surface area contributed by atoms with Gasteiger partial charge < -0.3 is 20.3 Å². The Morgan fingerprint density at radius 1 is 1.26 bits per heavy atom. The highest BCUT2D eigenvalue weighted by Crippen LogP contribution is 2.23. The van der Waals surface area contributed by atoms with Crippen LogP contribution in [0.25, 0.3) is 0 Å². The van der Waals surface area contributed by atoms with Gasteiger partial charge in [0.15, 0.2) is 0 Å². The Kier molecular flexibility index (Phi) is 3.59. The van der Waals surface area contributed by atoms with Crippen LogP contribution in [0.3, 0.4) is 0 Å².